The van der Waals surface area contributed by atoms with Crippen LogP contribution in [0.1, 0.15) is 16.8 Å². The lowest BCUT2D eigenvalue weighted by atomic mass is 10.2. The molecule has 6 nitrogen and oxygen atoms in total. The van der Waals surface area contributed by atoms with E-state index in [0.29, 0.717) is 33.1 Å². The van der Waals surface area contributed by atoms with Gasteiger partial charge in [0.15, 0.2) is 10.9 Å². The minimum absolute atomic E-state index is 0.216. The van der Waals surface area contributed by atoms with Gasteiger partial charge in [-0.25, -0.2) is 4.39 Å². The van der Waals surface area contributed by atoms with E-state index in [1.807, 2.05) is 43.5 Å². The Morgan fingerprint density at radius 2 is 1.84 bits per heavy atom. The fraction of sp³-hybridized carbons (Fsp3) is 0.136. The summed E-state index contributed by atoms with van der Waals surface area (Å²) in [6.07, 6.45) is 3.51. The third-order valence-electron chi connectivity index (χ3n) is 4.77. The van der Waals surface area contributed by atoms with Crippen molar-refractivity contribution < 1.29 is 4.39 Å². The molecule has 2 heterocycles. The number of rotatable bonds is 6. The minimum Gasteiger partial charge on any atom is -0.330 e. The standard InChI is InChI=1S/C22H19Cl2FN6S/c1-14-9-21(29-31(14)13-17-19(24)7-4-8-20(17)25)28-22(32)27-16-10-26-30(12-16)11-15-5-2-3-6-18(15)23/h2-10,12H,11,13H2,1H3,(H2,27,28,29,32). The smallest absolute Gasteiger partial charge is 0.176 e. The zero-order chi connectivity index (χ0) is 22.7. The first-order chi connectivity index (χ1) is 15.4. The van der Waals surface area contributed by atoms with E-state index in [4.69, 9.17) is 35.4 Å². The second-order valence-corrected chi connectivity index (χ2v) is 8.35. The van der Waals surface area contributed by atoms with Crippen molar-refractivity contribution in [2.45, 2.75) is 20.0 Å². The van der Waals surface area contributed by atoms with Crippen molar-refractivity contribution in [2.75, 3.05) is 10.6 Å². The van der Waals surface area contributed by atoms with E-state index in [2.05, 4.69) is 20.8 Å². The zero-order valence-corrected chi connectivity index (χ0v) is 19.3. The predicted octanol–water partition coefficient (Wildman–Crippen LogP) is 5.74. The highest BCUT2D eigenvalue weighted by Crippen LogP contribution is 2.21. The summed E-state index contributed by atoms with van der Waals surface area (Å²) in [5.41, 5.74) is 2.92. The van der Waals surface area contributed by atoms with Crippen LogP contribution in [-0.4, -0.2) is 24.7 Å². The molecule has 0 unspecified atom stereocenters. The summed E-state index contributed by atoms with van der Waals surface area (Å²) < 4.78 is 17.5. The van der Waals surface area contributed by atoms with E-state index in [0.717, 1.165) is 16.9 Å². The molecule has 4 aromatic rings. The van der Waals surface area contributed by atoms with Crippen LogP contribution in [0.3, 0.4) is 0 Å². The maximum absolute atomic E-state index is 14.1. The second-order valence-electron chi connectivity index (χ2n) is 7.13. The Kier molecular flexibility index (Phi) is 6.74. The molecule has 10 heteroatoms. The van der Waals surface area contributed by atoms with Gasteiger partial charge in [0.1, 0.15) is 5.82 Å². The van der Waals surface area contributed by atoms with Gasteiger partial charge < -0.3 is 10.6 Å². The third kappa shape index (κ3) is 5.27. The maximum atomic E-state index is 14.1. The van der Waals surface area contributed by atoms with E-state index < -0.39 is 0 Å². The second kappa shape index (κ2) is 9.68. The number of benzene rings is 2. The number of hydrogen-bond acceptors (Lipinski definition) is 3. The molecule has 0 aliphatic rings. The van der Waals surface area contributed by atoms with Crippen molar-refractivity contribution >= 4 is 52.0 Å². The largest absolute Gasteiger partial charge is 0.330 e. The predicted molar refractivity (Wildman–Crippen MR) is 130 cm³/mol. The molecular formula is C22H19Cl2FN6S. The van der Waals surface area contributed by atoms with E-state index in [9.17, 15) is 4.39 Å². The normalized spacial score (nSPS) is 10.9. The first kappa shape index (κ1) is 22.3. The van der Waals surface area contributed by atoms with Crippen molar-refractivity contribution in [2.24, 2.45) is 0 Å². The van der Waals surface area contributed by atoms with E-state index in [1.54, 1.807) is 27.7 Å². The monoisotopic (exact) mass is 488 g/mol. The lowest BCUT2D eigenvalue weighted by Crippen LogP contribution is -2.19. The molecule has 0 aliphatic heterocycles. The summed E-state index contributed by atoms with van der Waals surface area (Å²) in [5, 5.41) is 16.3. The number of hydrogen-bond donors (Lipinski definition) is 2. The summed E-state index contributed by atoms with van der Waals surface area (Å²) in [6.45, 7) is 2.64. The van der Waals surface area contributed by atoms with Crippen LogP contribution in [-0.2, 0) is 13.1 Å². The maximum Gasteiger partial charge on any atom is 0.176 e. The number of halogens is 3. The van der Waals surface area contributed by atoms with Crippen molar-refractivity contribution in [3.8, 4) is 0 Å². The number of nitrogens with zero attached hydrogens (tertiary/aromatic N) is 4. The fourth-order valence-electron chi connectivity index (χ4n) is 3.16. The van der Waals surface area contributed by atoms with Crippen LogP contribution in [0, 0.1) is 12.7 Å². The number of aromatic nitrogens is 4. The van der Waals surface area contributed by atoms with Gasteiger partial charge >= 0.3 is 0 Å². The number of thiocarbonyl (C=S) groups is 1. The van der Waals surface area contributed by atoms with Gasteiger partial charge in [0, 0.05) is 33.6 Å². The molecule has 164 valence electrons. The summed E-state index contributed by atoms with van der Waals surface area (Å²) >= 11 is 17.7. The molecule has 0 radical (unpaired) electrons. The Morgan fingerprint density at radius 3 is 2.62 bits per heavy atom. The van der Waals surface area contributed by atoms with Gasteiger partial charge in [0.05, 0.1) is 25.0 Å². The van der Waals surface area contributed by atoms with Crippen LogP contribution in [0.2, 0.25) is 10.0 Å². The molecule has 2 aromatic heterocycles. The molecule has 0 amide bonds. The molecule has 0 saturated heterocycles. The van der Waals surface area contributed by atoms with Gasteiger partial charge in [0.25, 0.3) is 0 Å². The minimum atomic E-state index is -0.368. The van der Waals surface area contributed by atoms with Crippen molar-refractivity contribution in [3.63, 3.8) is 0 Å². The average molecular weight is 489 g/mol. The fourth-order valence-corrected chi connectivity index (χ4v) is 3.80. The first-order valence-electron chi connectivity index (χ1n) is 9.70. The van der Waals surface area contributed by atoms with E-state index in [1.165, 1.54) is 6.07 Å². The summed E-state index contributed by atoms with van der Waals surface area (Å²) in [6, 6.07) is 14.1. The van der Waals surface area contributed by atoms with Gasteiger partial charge in [0.2, 0.25) is 0 Å². The Hall–Kier alpha value is -2.94. The lowest BCUT2D eigenvalue weighted by molar-refractivity contribution is 0.581. The Morgan fingerprint density at radius 1 is 1.06 bits per heavy atom. The highest BCUT2D eigenvalue weighted by molar-refractivity contribution is 7.80. The number of anilines is 2. The molecule has 0 bridgehead atoms. The Labute approximate surface area is 200 Å². The van der Waals surface area contributed by atoms with Crippen LogP contribution >= 0.6 is 35.4 Å². The van der Waals surface area contributed by atoms with Gasteiger partial charge in [-0.05, 0) is 42.9 Å². The van der Waals surface area contributed by atoms with Crippen LogP contribution in [0.25, 0.3) is 0 Å². The summed E-state index contributed by atoms with van der Waals surface area (Å²) in [5.74, 6) is 0.170. The van der Waals surface area contributed by atoms with E-state index in [-0.39, 0.29) is 12.4 Å². The molecule has 2 N–H and O–H groups in total. The van der Waals surface area contributed by atoms with Crippen LogP contribution < -0.4 is 10.6 Å². The summed E-state index contributed by atoms with van der Waals surface area (Å²) in [4.78, 5) is 0. The molecule has 0 spiro atoms. The highest BCUT2D eigenvalue weighted by Gasteiger charge is 2.12. The first-order valence-corrected chi connectivity index (χ1v) is 10.9. The molecule has 0 saturated carbocycles. The van der Waals surface area contributed by atoms with Gasteiger partial charge in [-0.1, -0.05) is 47.5 Å². The van der Waals surface area contributed by atoms with Gasteiger partial charge in [-0.2, -0.15) is 10.2 Å². The molecule has 4 rings (SSSR count). The molecule has 0 aliphatic carbocycles. The van der Waals surface area contributed by atoms with Crippen molar-refractivity contribution in [1.82, 2.24) is 19.6 Å². The molecular weight excluding hydrogens is 470 g/mol. The molecule has 0 atom stereocenters. The highest BCUT2D eigenvalue weighted by atomic mass is 35.5. The average Bonchev–Trinajstić information content (AvgIpc) is 3.32. The van der Waals surface area contributed by atoms with Crippen LogP contribution in [0.4, 0.5) is 15.9 Å². The topological polar surface area (TPSA) is 59.7 Å². The van der Waals surface area contributed by atoms with Crippen molar-refractivity contribution in [1.29, 1.82) is 0 Å². The third-order valence-corrected chi connectivity index (χ3v) is 5.70. The Bertz CT molecular complexity index is 1250. The number of nitrogens with one attached hydrogen (secondary N) is 2. The van der Waals surface area contributed by atoms with Gasteiger partial charge in [-0.3, -0.25) is 9.36 Å². The van der Waals surface area contributed by atoms with Crippen LogP contribution in [0.15, 0.2) is 60.9 Å². The molecule has 32 heavy (non-hydrogen) atoms. The Balaban J connectivity index is 1.38. The quantitative estimate of drug-likeness (QED) is 0.339. The van der Waals surface area contributed by atoms with Crippen LogP contribution in [0.5, 0.6) is 0 Å². The lowest BCUT2D eigenvalue weighted by Gasteiger charge is -2.08. The molecule has 0 fully saturated rings. The summed E-state index contributed by atoms with van der Waals surface area (Å²) in [7, 11) is 0. The van der Waals surface area contributed by atoms with E-state index >= 15 is 0 Å². The zero-order valence-electron chi connectivity index (χ0n) is 17.0. The van der Waals surface area contributed by atoms with Crippen molar-refractivity contribution in [3.05, 3.63) is 93.6 Å². The molecule has 2 aromatic carbocycles. The SMILES string of the molecule is Cc1cc(NC(=S)Nc2cnn(Cc3ccccc3Cl)c2)nn1Cc1c(F)cccc1Cl. The number of aryl methyl sites for hydroxylation is 1. The van der Waals surface area contributed by atoms with Gasteiger partial charge in [-0.15, -0.1) is 0 Å².